The second-order valence-corrected chi connectivity index (χ2v) is 36.5. The van der Waals surface area contributed by atoms with Gasteiger partial charge in [-0.2, -0.15) is 0 Å². The van der Waals surface area contributed by atoms with Crippen LogP contribution in [0.4, 0.5) is 19.2 Å². The molecule has 452 valence electrons. The first kappa shape index (κ1) is 67.3. The van der Waals surface area contributed by atoms with Crippen LogP contribution in [0.2, 0.25) is 37.3 Å². The Labute approximate surface area is 474 Å². The van der Waals surface area contributed by atoms with E-state index in [1.807, 2.05) is 13.8 Å². The molecule has 0 aromatic rings. The smallest absolute Gasteiger partial charge is 0.410 e. The molecule has 0 radical (unpaired) electrons. The van der Waals surface area contributed by atoms with Crippen LogP contribution in [0.25, 0.3) is 0 Å². The molecule has 19 nitrogen and oxygen atoms in total. The summed E-state index contributed by atoms with van der Waals surface area (Å²) in [6.45, 7) is 45.3. The van der Waals surface area contributed by atoms with Crippen molar-refractivity contribution in [2.24, 2.45) is 21.7 Å². The van der Waals surface area contributed by atoms with Crippen LogP contribution in [0.1, 0.15) is 180 Å². The van der Waals surface area contributed by atoms with Crippen LogP contribution >= 0.6 is 0 Å². The molecule has 2 heterocycles. The van der Waals surface area contributed by atoms with Gasteiger partial charge in [0.05, 0.1) is 8.07 Å². The summed E-state index contributed by atoms with van der Waals surface area (Å²) in [7, 11) is -4.65. The van der Waals surface area contributed by atoms with Crippen LogP contribution < -0.4 is 21.3 Å². The average molecular weight is 1150 g/mol. The van der Waals surface area contributed by atoms with Crippen LogP contribution in [-0.4, -0.2) is 119 Å². The fourth-order valence-electron chi connectivity index (χ4n) is 14.2. The molecule has 4 fully saturated rings. The minimum absolute atomic E-state index is 0.0786. The van der Waals surface area contributed by atoms with E-state index in [2.05, 4.69) is 130 Å². The molecular weight excluding hydrogens is 1050 g/mol. The summed E-state index contributed by atoms with van der Waals surface area (Å²) in [5.41, 5.74) is -1.01. The van der Waals surface area contributed by atoms with Crippen molar-refractivity contribution in [1.82, 2.24) is 21.3 Å². The number of esters is 2. The Bertz CT molecular complexity index is 2180. The van der Waals surface area contributed by atoms with Crippen LogP contribution in [0, 0.1) is 21.7 Å². The molecule has 10 unspecified atom stereocenters. The first-order valence-electron chi connectivity index (χ1n) is 28.9. The Hall–Kier alpha value is -4.19. The standard InChI is InChI=1S/C58H102N4O15Si2/c1-21-45(63)69-39(7)71-49(67)61-41-31-51(9,10)35-53(13,33-41)37-59-47(65)75-55(15)43(73-55)27-29-57(23-3,24-4)79(19,20)77-58(25-5,26-6)78(17,18)30-28-44-56(16,74-44)76-48(66)60-38-54(14)34-42(32-52(11,12)36-54)62-50(68)72-40(8)70-46(64)22-2/h21-22,39-44H,1-2,23-38H2,3-20H3,(H,59,65)(H,60,66)(H,61,67)(H,62,68). The highest BCUT2D eigenvalue weighted by Crippen LogP contribution is 2.56. The molecule has 0 bridgehead atoms. The fraction of sp³-hybridized carbons (Fsp3) is 0.828. The van der Waals surface area contributed by atoms with Crippen LogP contribution in [0.5, 0.6) is 0 Å². The number of ether oxygens (including phenoxy) is 8. The molecule has 21 heteroatoms. The monoisotopic (exact) mass is 1150 g/mol. The van der Waals surface area contributed by atoms with Crippen molar-refractivity contribution in [3.63, 3.8) is 0 Å². The molecule has 4 aliphatic rings. The zero-order valence-corrected chi connectivity index (χ0v) is 53.5. The van der Waals surface area contributed by atoms with E-state index in [1.165, 1.54) is 13.8 Å². The van der Waals surface area contributed by atoms with E-state index in [0.29, 0.717) is 45.2 Å². The van der Waals surface area contributed by atoms with Crippen molar-refractivity contribution in [2.75, 3.05) is 13.1 Å². The number of rotatable bonds is 28. The van der Waals surface area contributed by atoms with Gasteiger partial charge in [0, 0.05) is 70.2 Å². The van der Waals surface area contributed by atoms with Gasteiger partial charge in [0.1, 0.15) is 12.2 Å². The number of amides is 4. The summed E-state index contributed by atoms with van der Waals surface area (Å²) in [6.07, 6.45) is 7.03. The van der Waals surface area contributed by atoms with E-state index < -0.39 is 76.9 Å². The molecule has 2 aliphatic heterocycles. The summed E-state index contributed by atoms with van der Waals surface area (Å²) in [5.74, 6) is -3.47. The molecule has 10 atom stereocenters. The van der Waals surface area contributed by atoms with Gasteiger partial charge in [0.25, 0.3) is 0 Å². The third kappa shape index (κ3) is 18.4. The largest absolute Gasteiger partial charge is 0.422 e. The molecule has 79 heavy (non-hydrogen) atoms. The van der Waals surface area contributed by atoms with Crippen molar-refractivity contribution in [1.29, 1.82) is 0 Å². The van der Waals surface area contributed by atoms with Gasteiger partial charge in [-0.3, -0.25) is 0 Å². The van der Waals surface area contributed by atoms with Crippen LogP contribution in [0.3, 0.4) is 0 Å². The predicted octanol–water partition coefficient (Wildman–Crippen LogP) is 12.2. The topological polar surface area (TPSA) is 240 Å². The summed E-state index contributed by atoms with van der Waals surface area (Å²) in [4.78, 5) is 75.4. The third-order valence-corrected chi connectivity index (χ3v) is 27.5. The zero-order valence-electron chi connectivity index (χ0n) is 51.5. The lowest BCUT2D eigenvalue weighted by atomic mass is 9.62. The van der Waals surface area contributed by atoms with E-state index >= 15 is 0 Å². The quantitative estimate of drug-likeness (QED) is 0.0142. The van der Waals surface area contributed by atoms with Gasteiger partial charge in [-0.15, -0.1) is 0 Å². The van der Waals surface area contributed by atoms with Gasteiger partial charge in [-0.1, -0.05) is 114 Å². The number of hydrogen-bond acceptors (Lipinski definition) is 15. The predicted molar refractivity (Wildman–Crippen MR) is 307 cm³/mol. The van der Waals surface area contributed by atoms with E-state index in [9.17, 15) is 28.8 Å². The lowest BCUT2D eigenvalue weighted by Crippen LogP contribution is -2.62. The summed E-state index contributed by atoms with van der Waals surface area (Å²) in [6, 6.07) is 0.453. The molecule has 2 aliphatic carbocycles. The van der Waals surface area contributed by atoms with Gasteiger partial charge in [0.15, 0.2) is 8.32 Å². The van der Waals surface area contributed by atoms with Crippen molar-refractivity contribution in [3.05, 3.63) is 25.3 Å². The maximum atomic E-state index is 13.4. The maximum Gasteiger partial charge on any atom is 0.410 e. The number of hydrogen-bond donors (Lipinski definition) is 4. The number of carbonyl (C=O) groups is 6. The average Bonchev–Trinajstić information content (AvgIpc) is 4.18. The Balaban J connectivity index is 1.29. The highest BCUT2D eigenvalue weighted by Gasteiger charge is 2.61. The summed E-state index contributed by atoms with van der Waals surface area (Å²) < 4.78 is 52.4. The lowest BCUT2D eigenvalue weighted by molar-refractivity contribution is -0.160. The van der Waals surface area contributed by atoms with Crippen LogP contribution in [-0.2, 0) is 51.9 Å². The van der Waals surface area contributed by atoms with Crippen molar-refractivity contribution < 1.29 is 71.1 Å². The molecule has 0 aromatic carbocycles. The Morgan fingerprint density at radius 1 is 0.595 bits per heavy atom. The molecule has 0 spiro atoms. The fourth-order valence-corrected chi connectivity index (χ4v) is 23.4. The number of alkyl carbamates (subject to hydrolysis) is 4. The van der Waals surface area contributed by atoms with Gasteiger partial charge in [0.2, 0.25) is 24.2 Å². The van der Waals surface area contributed by atoms with E-state index in [0.717, 1.165) is 69.6 Å². The van der Waals surface area contributed by atoms with Crippen molar-refractivity contribution >= 4 is 52.7 Å². The van der Waals surface area contributed by atoms with Crippen molar-refractivity contribution in [2.45, 2.75) is 271 Å². The maximum absolute atomic E-state index is 13.4. The normalized spacial score (nSPS) is 29.0. The van der Waals surface area contributed by atoms with Gasteiger partial charge >= 0.3 is 36.3 Å². The molecule has 2 saturated heterocycles. The van der Waals surface area contributed by atoms with Crippen molar-refractivity contribution in [3.8, 4) is 0 Å². The lowest BCUT2D eigenvalue weighted by Gasteiger charge is -2.54. The number of nitrogens with one attached hydrogen (secondary N) is 4. The first-order valence-corrected chi connectivity index (χ1v) is 35.0. The number of carbonyl (C=O) groups excluding carboxylic acids is 6. The molecule has 4 amide bonds. The van der Waals surface area contributed by atoms with E-state index in [-0.39, 0.29) is 56.2 Å². The molecular formula is C58H102N4O15Si2. The summed E-state index contributed by atoms with van der Waals surface area (Å²) in [5, 5.41) is 11.5. The van der Waals surface area contributed by atoms with Gasteiger partial charge in [-0.05, 0) is 110 Å². The minimum Gasteiger partial charge on any atom is -0.422 e. The summed E-state index contributed by atoms with van der Waals surface area (Å²) >= 11 is 0. The second kappa shape index (κ2) is 25.9. The Kier molecular flexibility index (Phi) is 22.1. The van der Waals surface area contributed by atoms with E-state index in [4.69, 9.17) is 42.3 Å². The minimum atomic E-state index is -2.48. The molecule has 4 rings (SSSR count). The zero-order chi connectivity index (χ0) is 59.8. The SMILES string of the molecule is C=CC(=O)OC(C)OC(=O)NC1CC(C)(C)CC(C)(CNC(=O)OC2(C)OC2CCC(CC)(CC)[Si](C)(C)OC(CC)(CC)[Si](C)(C)CCC2OC2(C)OC(=O)NCC2(C)CC(NC(=O)OC(C)OC(=O)C=C)CC(C)(C)C2)C1. The van der Waals surface area contributed by atoms with Gasteiger partial charge < -0.3 is 63.6 Å². The first-order chi connectivity index (χ1) is 36.3. The molecule has 2 saturated carbocycles. The highest BCUT2D eigenvalue weighted by molar-refractivity contribution is 6.82. The molecule has 0 aromatic heterocycles. The third-order valence-electron chi connectivity index (χ3n) is 18.1. The Morgan fingerprint density at radius 3 is 1.35 bits per heavy atom. The second-order valence-electron chi connectivity index (χ2n) is 27.0. The van der Waals surface area contributed by atoms with E-state index in [1.54, 1.807) is 0 Å². The van der Waals surface area contributed by atoms with Crippen LogP contribution in [0.15, 0.2) is 25.3 Å². The highest BCUT2D eigenvalue weighted by atomic mass is 28.4. The van der Waals surface area contributed by atoms with Gasteiger partial charge in [-0.25, -0.2) is 28.8 Å². The number of epoxide rings is 2. The molecule has 4 N–H and O–H groups in total. The Morgan fingerprint density at radius 2 is 0.987 bits per heavy atom.